The molecule has 2 nitrogen and oxygen atoms in total. The number of likely N-dealkylation sites (tertiary alicyclic amines) is 1. The Morgan fingerprint density at radius 1 is 1.21 bits per heavy atom. The highest BCUT2D eigenvalue weighted by atomic mass is 15.2. The average molecular weight is 268 g/mol. The van der Waals surface area contributed by atoms with Crippen molar-refractivity contribution >= 4 is 0 Å². The van der Waals surface area contributed by atoms with Crippen molar-refractivity contribution in [3.63, 3.8) is 0 Å². The Morgan fingerprint density at radius 2 is 1.89 bits per heavy atom. The molecule has 3 atom stereocenters. The third-order valence-electron chi connectivity index (χ3n) is 5.16. The van der Waals surface area contributed by atoms with Crippen LogP contribution in [0.3, 0.4) is 0 Å². The molecular weight excluding hydrogens is 232 g/mol. The van der Waals surface area contributed by atoms with E-state index in [1.54, 1.807) is 0 Å². The van der Waals surface area contributed by atoms with E-state index in [0.29, 0.717) is 17.5 Å². The number of nitrogens with one attached hydrogen (secondary N) is 1. The molecule has 0 saturated carbocycles. The van der Waals surface area contributed by atoms with E-state index in [1.165, 1.54) is 45.2 Å². The van der Waals surface area contributed by atoms with Gasteiger partial charge in [0, 0.05) is 18.6 Å². The SMILES string of the molecule is CCCCCC(C)(C)CN1CCC(NC)C(C)C1C. The first-order valence-corrected chi connectivity index (χ1v) is 8.32. The number of piperidine rings is 1. The zero-order valence-electron chi connectivity index (χ0n) is 14.1. The standard InChI is InChI=1S/C17H36N2/c1-7-8-9-11-17(4,5)13-19-12-10-16(18-6)14(2)15(19)3/h14-16,18H,7-13H2,1-6H3. The summed E-state index contributed by atoms with van der Waals surface area (Å²) in [7, 11) is 2.11. The van der Waals surface area contributed by atoms with Crippen molar-refractivity contribution in [1.82, 2.24) is 10.2 Å². The van der Waals surface area contributed by atoms with Crippen molar-refractivity contribution in [3.8, 4) is 0 Å². The van der Waals surface area contributed by atoms with Gasteiger partial charge in [-0.2, -0.15) is 0 Å². The van der Waals surface area contributed by atoms with Crippen LogP contribution in [-0.4, -0.2) is 37.1 Å². The minimum absolute atomic E-state index is 0.468. The molecule has 1 rings (SSSR count). The van der Waals surface area contributed by atoms with E-state index in [0.717, 1.165) is 5.92 Å². The van der Waals surface area contributed by atoms with E-state index in [9.17, 15) is 0 Å². The Hall–Kier alpha value is -0.0800. The van der Waals surface area contributed by atoms with Gasteiger partial charge in [0.1, 0.15) is 0 Å². The molecule has 1 N–H and O–H groups in total. The second kappa shape index (κ2) is 7.64. The van der Waals surface area contributed by atoms with Crippen LogP contribution >= 0.6 is 0 Å². The van der Waals surface area contributed by atoms with Gasteiger partial charge in [-0.25, -0.2) is 0 Å². The Labute approximate surface area is 121 Å². The third-order valence-corrected chi connectivity index (χ3v) is 5.16. The zero-order chi connectivity index (χ0) is 14.5. The van der Waals surface area contributed by atoms with Crippen molar-refractivity contribution in [2.75, 3.05) is 20.1 Å². The van der Waals surface area contributed by atoms with E-state index in [1.807, 2.05) is 0 Å². The molecule has 1 saturated heterocycles. The summed E-state index contributed by atoms with van der Waals surface area (Å²) in [5.41, 5.74) is 0.468. The molecule has 0 aromatic rings. The predicted octanol–water partition coefficient (Wildman–Crippen LogP) is 3.91. The molecule has 0 spiro atoms. The number of unbranched alkanes of at least 4 members (excludes halogenated alkanes) is 2. The lowest BCUT2D eigenvalue weighted by Gasteiger charge is -2.45. The van der Waals surface area contributed by atoms with E-state index in [-0.39, 0.29) is 0 Å². The third kappa shape index (κ3) is 5.07. The van der Waals surface area contributed by atoms with Crippen LogP contribution in [0, 0.1) is 11.3 Å². The normalized spacial score (nSPS) is 29.7. The molecule has 114 valence electrons. The lowest BCUT2D eigenvalue weighted by atomic mass is 9.82. The van der Waals surface area contributed by atoms with Gasteiger partial charge in [-0.3, -0.25) is 4.90 Å². The number of hydrogen-bond acceptors (Lipinski definition) is 2. The van der Waals surface area contributed by atoms with Gasteiger partial charge in [0.15, 0.2) is 0 Å². The van der Waals surface area contributed by atoms with Crippen LogP contribution in [0.15, 0.2) is 0 Å². The first-order valence-electron chi connectivity index (χ1n) is 8.32. The van der Waals surface area contributed by atoms with Gasteiger partial charge in [-0.15, -0.1) is 0 Å². The second-order valence-electron chi connectivity index (χ2n) is 7.38. The van der Waals surface area contributed by atoms with Crippen LogP contribution in [0.1, 0.15) is 66.7 Å². The van der Waals surface area contributed by atoms with E-state index in [4.69, 9.17) is 0 Å². The zero-order valence-corrected chi connectivity index (χ0v) is 14.1. The summed E-state index contributed by atoms with van der Waals surface area (Å²) in [5, 5.41) is 3.48. The monoisotopic (exact) mass is 268 g/mol. The lowest BCUT2D eigenvalue weighted by molar-refractivity contribution is 0.0504. The maximum atomic E-state index is 3.48. The van der Waals surface area contributed by atoms with E-state index >= 15 is 0 Å². The maximum Gasteiger partial charge on any atom is 0.0117 e. The summed E-state index contributed by atoms with van der Waals surface area (Å²) in [4.78, 5) is 2.73. The van der Waals surface area contributed by atoms with Gasteiger partial charge in [-0.1, -0.05) is 47.0 Å². The number of nitrogens with zero attached hydrogens (tertiary/aromatic N) is 1. The molecule has 1 aliphatic heterocycles. The van der Waals surface area contributed by atoms with Crippen molar-refractivity contribution in [2.45, 2.75) is 78.8 Å². The fourth-order valence-electron chi connectivity index (χ4n) is 3.55. The van der Waals surface area contributed by atoms with Crippen LogP contribution < -0.4 is 5.32 Å². The highest BCUT2D eigenvalue weighted by Gasteiger charge is 2.34. The van der Waals surface area contributed by atoms with Gasteiger partial charge in [-0.05, 0) is 44.7 Å². The summed E-state index contributed by atoms with van der Waals surface area (Å²) < 4.78 is 0. The van der Waals surface area contributed by atoms with Crippen LogP contribution in [0.5, 0.6) is 0 Å². The fraction of sp³-hybridized carbons (Fsp3) is 1.00. The first kappa shape index (κ1) is 17.0. The molecule has 19 heavy (non-hydrogen) atoms. The minimum atomic E-state index is 0.468. The first-order chi connectivity index (χ1) is 8.91. The molecule has 0 aliphatic carbocycles. The molecule has 1 fully saturated rings. The summed E-state index contributed by atoms with van der Waals surface area (Å²) in [6, 6.07) is 1.41. The molecule has 1 heterocycles. The summed E-state index contributed by atoms with van der Waals surface area (Å²) in [6.45, 7) is 14.5. The van der Waals surface area contributed by atoms with Crippen molar-refractivity contribution in [2.24, 2.45) is 11.3 Å². The molecular formula is C17H36N2. The van der Waals surface area contributed by atoms with E-state index < -0.39 is 0 Å². The van der Waals surface area contributed by atoms with Crippen molar-refractivity contribution in [1.29, 1.82) is 0 Å². The molecule has 0 aromatic carbocycles. The Morgan fingerprint density at radius 3 is 2.47 bits per heavy atom. The molecule has 0 aromatic heterocycles. The Kier molecular flexibility index (Phi) is 6.82. The van der Waals surface area contributed by atoms with Gasteiger partial charge in [0.25, 0.3) is 0 Å². The van der Waals surface area contributed by atoms with Gasteiger partial charge in [0.05, 0.1) is 0 Å². The summed E-state index contributed by atoms with van der Waals surface area (Å²) in [5.74, 6) is 0.755. The highest BCUT2D eigenvalue weighted by molar-refractivity contribution is 4.90. The average Bonchev–Trinajstić information content (AvgIpc) is 2.35. The van der Waals surface area contributed by atoms with E-state index in [2.05, 4.69) is 51.9 Å². The largest absolute Gasteiger partial charge is 0.317 e. The molecule has 0 amide bonds. The smallest absolute Gasteiger partial charge is 0.0117 e. The Bertz CT molecular complexity index is 250. The van der Waals surface area contributed by atoms with Crippen LogP contribution in [0.4, 0.5) is 0 Å². The van der Waals surface area contributed by atoms with Gasteiger partial charge >= 0.3 is 0 Å². The number of hydrogen-bond donors (Lipinski definition) is 1. The minimum Gasteiger partial charge on any atom is -0.317 e. The topological polar surface area (TPSA) is 15.3 Å². The molecule has 2 heteroatoms. The molecule has 3 unspecified atom stereocenters. The fourth-order valence-corrected chi connectivity index (χ4v) is 3.55. The Balaban J connectivity index is 2.47. The highest BCUT2D eigenvalue weighted by Crippen LogP contribution is 2.30. The van der Waals surface area contributed by atoms with Crippen LogP contribution in [0.25, 0.3) is 0 Å². The molecule has 0 radical (unpaired) electrons. The van der Waals surface area contributed by atoms with Gasteiger partial charge < -0.3 is 5.32 Å². The van der Waals surface area contributed by atoms with Gasteiger partial charge in [0.2, 0.25) is 0 Å². The summed E-state index contributed by atoms with van der Waals surface area (Å²) in [6.07, 6.45) is 6.77. The maximum absolute atomic E-state index is 3.48. The van der Waals surface area contributed by atoms with Crippen LogP contribution in [0.2, 0.25) is 0 Å². The number of rotatable bonds is 7. The quantitative estimate of drug-likeness (QED) is 0.704. The molecule has 0 bridgehead atoms. The predicted molar refractivity (Wildman–Crippen MR) is 85.6 cm³/mol. The lowest BCUT2D eigenvalue weighted by Crippen LogP contribution is -2.54. The van der Waals surface area contributed by atoms with Crippen LogP contribution in [-0.2, 0) is 0 Å². The summed E-state index contributed by atoms with van der Waals surface area (Å²) >= 11 is 0. The molecule has 1 aliphatic rings. The van der Waals surface area contributed by atoms with Crippen molar-refractivity contribution < 1.29 is 0 Å². The van der Waals surface area contributed by atoms with Crippen molar-refractivity contribution in [3.05, 3.63) is 0 Å². The second-order valence-corrected chi connectivity index (χ2v) is 7.38.